The van der Waals surface area contributed by atoms with E-state index in [2.05, 4.69) is 48.3 Å². The molecule has 2 fully saturated rings. The Kier molecular flexibility index (Phi) is 5.44. The summed E-state index contributed by atoms with van der Waals surface area (Å²) in [6, 6.07) is 9.29. The van der Waals surface area contributed by atoms with Crippen molar-refractivity contribution in [3.8, 4) is 0 Å². The number of rotatable bonds is 4. The number of nitrogens with zero attached hydrogens (tertiary/aromatic N) is 1. The Bertz CT molecular complexity index is 472. The summed E-state index contributed by atoms with van der Waals surface area (Å²) in [7, 11) is 0. The lowest BCUT2D eigenvalue weighted by atomic mass is 9.86. The molecule has 1 aromatic rings. The van der Waals surface area contributed by atoms with Crippen LogP contribution in [0.4, 0.5) is 11.4 Å². The number of morpholine rings is 1. The number of nitrogens with one attached hydrogen (secondary N) is 1. The maximum absolute atomic E-state index is 5.98. The van der Waals surface area contributed by atoms with E-state index in [0.29, 0.717) is 18.2 Å². The third-order valence-electron chi connectivity index (χ3n) is 5.14. The zero-order valence-electron chi connectivity index (χ0n) is 14.5. The Morgan fingerprint density at radius 3 is 2.26 bits per heavy atom. The van der Waals surface area contributed by atoms with Crippen molar-refractivity contribution in [3.63, 3.8) is 0 Å². The van der Waals surface area contributed by atoms with Gasteiger partial charge in [-0.3, -0.25) is 0 Å². The fraction of sp³-hybridized carbons (Fsp3) is 0.684. The molecule has 1 saturated heterocycles. The summed E-state index contributed by atoms with van der Waals surface area (Å²) >= 11 is 0. The Morgan fingerprint density at radius 1 is 1.04 bits per heavy atom. The second-order valence-electron chi connectivity index (χ2n) is 7.37. The van der Waals surface area contributed by atoms with Crippen molar-refractivity contribution in [1.82, 2.24) is 0 Å². The number of hydrogen-bond donors (Lipinski definition) is 2. The summed E-state index contributed by atoms with van der Waals surface area (Å²) in [6.07, 6.45) is 5.48. The molecule has 1 aliphatic carbocycles. The highest BCUT2D eigenvalue weighted by atomic mass is 16.5. The Balaban J connectivity index is 1.51. The molecular weight excluding hydrogens is 286 g/mol. The third kappa shape index (κ3) is 4.61. The molecule has 23 heavy (non-hydrogen) atoms. The summed E-state index contributed by atoms with van der Waals surface area (Å²) in [5, 5.41) is 3.59. The monoisotopic (exact) mass is 317 g/mol. The molecule has 0 radical (unpaired) electrons. The van der Waals surface area contributed by atoms with Gasteiger partial charge < -0.3 is 20.7 Å². The van der Waals surface area contributed by atoms with Gasteiger partial charge in [-0.25, -0.2) is 0 Å². The minimum absolute atomic E-state index is 0.300. The van der Waals surface area contributed by atoms with Crippen LogP contribution in [-0.2, 0) is 4.74 Å². The van der Waals surface area contributed by atoms with Crippen LogP contribution in [0.5, 0.6) is 0 Å². The van der Waals surface area contributed by atoms with Crippen molar-refractivity contribution >= 4 is 11.4 Å². The van der Waals surface area contributed by atoms with E-state index in [0.717, 1.165) is 25.6 Å². The molecule has 128 valence electrons. The van der Waals surface area contributed by atoms with Crippen LogP contribution in [0.2, 0.25) is 0 Å². The Morgan fingerprint density at radius 2 is 1.65 bits per heavy atom. The van der Waals surface area contributed by atoms with Crippen LogP contribution in [0.1, 0.15) is 39.5 Å². The minimum atomic E-state index is 0.300. The summed E-state index contributed by atoms with van der Waals surface area (Å²) < 4.78 is 5.81. The molecule has 0 aromatic heterocycles. The van der Waals surface area contributed by atoms with E-state index in [-0.39, 0.29) is 0 Å². The van der Waals surface area contributed by atoms with Gasteiger partial charge in [0.15, 0.2) is 0 Å². The van der Waals surface area contributed by atoms with E-state index in [4.69, 9.17) is 10.5 Å². The largest absolute Gasteiger partial charge is 0.385 e. The average molecular weight is 317 g/mol. The van der Waals surface area contributed by atoms with Crippen molar-refractivity contribution in [2.45, 2.75) is 57.8 Å². The maximum Gasteiger partial charge on any atom is 0.0726 e. The number of hydrogen-bond acceptors (Lipinski definition) is 4. The quantitative estimate of drug-likeness (QED) is 0.895. The lowest BCUT2D eigenvalue weighted by Crippen LogP contribution is -2.45. The molecule has 3 N–H and O–H groups in total. The molecule has 4 heteroatoms. The molecule has 2 aliphatic rings. The van der Waals surface area contributed by atoms with Crippen LogP contribution < -0.4 is 16.0 Å². The number of benzene rings is 1. The molecule has 0 amide bonds. The van der Waals surface area contributed by atoms with Crippen molar-refractivity contribution < 1.29 is 4.74 Å². The molecule has 0 bridgehead atoms. The summed E-state index contributed by atoms with van der Waals surface area (Å²) in [5.74, 6) is 0.774. The molecule has 3 rings (SSSR count). The zero-order chi connectivity index (χ0) is 16.2. The molecule has 2 atom stereocenters. The average Bonchev–Trinajstić information content (AvgIpc) is 2.54. The van der Waals surface area contributed by atoms with Gasteiger partial charge in [-0.15, -0.1) is 0 Å². The van der Waals surface area contributed by atoms with Crippen LogP contribution >= 0.6 is 0 Å². The first kappa shape index (κ1) is 16.6. The molecule has 1 aliphatic heterocycles. The normalized spacial score (nSPS) is 31.9. The van der Waals surface area contributed by atoms with Gasteiger partial charge >= 0.3 is 0 Å². The zero-order valence-corrected chi connectivity index (χ0v) is 14.5. The van der Waals surface area contributed by atoms with Gasteiger partial charge in [0.05, 0.1) is 12.2 Å². The predicted octanol–water partition coefficient (Wildman–Crippen LogP) is 3.23. The molecule has 0 spiro atoms. The topological polar surface area (TPSA) is 50.5 Å². The lowest BCUT2D eigenvalue weighted by molar-refractivity contribution is -0.00521. The molecular formula is C19H31N3O. The SMILES string of the molecule is C[C@@H]1CN(c2ccc(NC[C@H]3CC[C@H](N)CC3)cc2)C[C@H](C)O1. The highest BCUT2D eigenvalue weighted by molar-refractivity contribution is 5.55. The van der Waals surface area contributed by atoms with Gasteiger partial charge in [-0.2, -0.15) is 0 Å². The summed E-state index contributed by atoms with van der Waals surface area (Å²) in [4.78, 5) is 2.42. The second kappa shape index (κ2) is 7.54. The van der Waals surface area contributed by atoms with Crippen LogP contribution in [-0.4, -0.2) is 37.9 Å². The van der Waals surface area contributed by atoms with E-state index in [1.165, 1.54) is 37.1 Å². The van der Waals surface area contributed by atoms with Gasteiger partial charge in [-0.1, -0.05) is 0 Å². The van der Waals surface area contributed by atoms with Crippen LogP contribution in [0, 0.1) is 5.92 Å². The number of ether oxygens (including phenoxy) is 1. The summed E-state index contributed by atoms with van der Waals surface area (Å²) in [6.45, 7) is 7.31. The highest BCUT2D eigenvalue weighted by Crippen LogP contribution is 2.25. The molecule has 4 nitrogen and oxygen atoms in total. The van der Waals surface area contributed by atoms with Crippen molar-refractivity contribution in [3.05, 3.63) is 24.3 Å². The first-order chi connectivity index (χ1) is 11.1. The lowest BCUT2D eigenvalue weighted by Gasteiger charge is -2.37. The number of nitrogens with two attached hydrogens (primary N) is 1. The predicted molar refractivity (Wildman–Crippen MR) is 97.1 cm³/mol. The van der Waals surface area contributed by atoms with Crippen molar-refractivity contribution in [1.29, 1.82) is 0 Å². The van der Waals surface area contributed by atoms with Crippen molar-refractivity contribution in [2.75, 3.05) is 29.9 Å². The van der Waals surface area contributed by atoms with Crippen LogP contribution in [0.3, 0.4) is 0 Å². The first-order valence-corrected chi connectivity index (χ1v) is 9.10. The highest BCUT2D eigenvalue weighted by Gasteiger charge is 2.22. The minimum Gasteiger partial charge on any atom is -0.385 e. The fourth-order valence-electron chi connectivity index (χ4n) is 3.83. The van der Waals surface area contributed by atoms with Gasteiger partial charge in [0.1, 0.15) is 0 Å². The summed E-state index contributed by atoms with van der Waals surface area (Å²) in [5.41, 5.74) is 8.49. The van der Waals surface area contributed by atoms with Gasteiger partial charge in [-0.05, 0) is 69.7 Å². The first-order valence-electron chi connectivity index (χ1n) is 9.10. The van der Waals surface area contributed by atoms with E-state index >= 15 is 0 Å². The van der Waals surface area contributed by atoms with Crippen LogP contribution in [0.25, 0.3) is 0 Å². The van der Waals surface area contributed by atoms with E-state index in [1.807, 2.05) is 0 Å². The molecule has 1 heterocycles. The smallest absolute Gasteiger partial charge is 0.0726 e. The van der Waals surface area contributed by atoms with E-state index in [9.17, 15) is 0 Å². The van der Waals surface area contributed by atoms with E-state index in [1.54, 1.807) is 0 Å². The fourth-order valence-corrected chi connectivity index (χ4v) is 3.83. The third-order valence-corrected chi connectivity index (χ3v) is 5.14. The van der Waals surface area contributed by atoms with Crippen molar-refractivity contribution in [2.24, 2.45) is 11.7 Å². The Labute approximate surface area is 140 Å². The van der Waals surface area contributed by atoms with Gasteiger partial charge in [0, 0.05) is 37.1 Å². The van der Waals surface area contributed by atoms with Crippen LogP contribution in [0.15, 0.2) is 24.3 Å². The Hall–Kier alpha value is -1.26. The van der Waals surface area contributed by atoms with Gasteiger partial charge in [0.25, 0.3) is 0 Å². The molecule has 1 aromatic carbocycles. The standard InChI is InChI=1S/C19H31N3O/c1-14-12-22(13-15(2)23-14)19-9-7-18(8-10-19)21-11-16-3-5-17(20)6-4-16/h7-10,14-17,21H,3-6,11-13,20H2,1-2H3/t14-,15+,16-,17-. The van der Waals surface area contributed by atoms with E-state index < -0.39 is 0 Å². The van der Waals surface area contributed by atoms with Gasteiger partial charge in [0.2, 0.25) is 0 Å². The molecule has 1 saturated carbocycles. The maximum atomic E-state index is 5.98. The second-order valence-corrected chi connectivity index (χ2v) is 7.37. The number of anilines is 2. The molecule has 0 unspecified atom stereocenters.